The van der Waals surface area contributed by atoms with Crippen molar-refractivity contribution in [3.8, 4) is 11.8 Å². The zero-order chi connectivity index (χ0) is 18.1. The predicted octanol–water partition coefficient (Wildman–Crippen LogP) is 3.70. The molecule has 0 unspecified atom stereocenters. The predicted molar refractivity (Wildman–Crippen MR) is 92.5 cm³/mol. The van der Waals surface area contributed by atoms with Crippen LogP contribution < -0.4 is 5.32 Å². The van der Waals surface area contributed by atoms with Gasteiger partial charge in [0, 0.05) is 24.1 Å². The van der Waals surface area contributed by atoms with E-state index in [2.05, 4.69) is 17.2 Å². The van der Waals surface area contributed by atoms with Crippen LogP contribution in [-0.4, -0.2) is 18.4 Å². The fraction of sp³-hybridized carbons (Fsp3) is 0.200. The molecule has 2 aromatic carbocycles. The molecule has 0 heterocycles. The van der Waals surface area contributed by atoms with Crippen molar-refractivity contribution < 1.29 is 18.7 Å². The summed E-state index contributed by atoms with van der Waals surface area (Å²) >= 11 is 0. The normalized spacial score (nSPS) is 9.68. The molecule has 1 amide bonds. The van der Waals surface area contributed by atoms with Gasteiger partial charge < -0.3 is 10.1 Å². The Bertz CT molecular complexity index is 807. The van der Waals surface area contributed by atoms with Crippen molar-refractivity contribution in [2.75, 3.05) is 6.54 Å². The van der Waals surface area contributed by atoms with Crippen molar-refractivity contribution in [2.45, 2.75) is 20.0 Å². The van der Waals surface area contributed by atoms with Crippen LogP contribution in [0.15, 0.2) is 48.5 Å². The number of nitrogens with one attached hydrogen (secondary N) is 1. The highest BCUT2D eigenvalue weighted by Crippen LogP contribution is 2.11. The van der Waals surface area contributed by atoms with Gasteiger partial charge in [-0.15, -0.1) is 0 Å². The number of Topliss-reactive ketones (excluding diaryl/α,β-unsaturated/α-hetero) is 1. The molecule has 0 radical (unpaired) electrons. The van der Waals surface area contributed by atoms with Crippen LogP contribution in [0.25, 0.3) is 0 Å². The summed E-state index contributed by atoms with van der Waals surface area (Å²) in [5, 5.41) is 2.60. The summed E-state index contributed by atoms with van der Waals surface area (Å²) in [5.74, 6) is 4.96. The Morgan fingerprint density at radius 1 is 1.16 bits per heavy atom. The molecule has 0 saturated heterocycles. The Morgan fingerprint density at radius 2 is 1.92 bits per heavy atom. The molecule has 1 N–H and O–H groups in total. The first kappa shape index (κ1) is 18.2. The average molecular weight is 339 g/mol. The van der Waals surface area contributed by atoms with Crippen molar-refractivity contribution >= 4 is 11.9 Å². The monoisotopic (exact) mass is 339 g/mol. The van der Waals surface area contributed by atoms with E-state index in [0.717, 1.165) is 5.56 Å². The van der Waals surface area contributed by atoms with Gasteiger partial charge in [0.15, 0.2) is 5.78 Å². The van der Waals surface area contributed by atoms with E-state index in [9.17, 15) is 14.0 Å². The van der Waals surface area contributed by atoms with Crippen LogP contribution in [0.2, 0.25) is 0 Å². The Balaban J connectivity index is 1.77. The zero-order valence-corrected chi connectivity index (χ0v) is 13.8. The highest BCUT2D eigenvalue weighted by molar-refractivity contribution is 5.96. The first-order valence-electron chi connectivity index (χ1n) is 7.80. The summed E-state index contributed by atoms with van der Waals surface area (Å²) in [5.41, 5.74) is 1.63. The van der Waals surface area contributed by atoms with Crippen molar-refractivity contribution in [2.24, 2.45) is 0 Å². The molecular weight excluding hydrogens is 321 g/mol. The van der Waals surface area contributed by atoms with Crippen LogP contribution in [-0.2, 0) is 11.3 Å². The maximum atomic E-state index is 13.2. The van der Waals surface area contributed by atoms with Gasteiger partial charge in [0.2, 0.25) is 0 Å². The molecule has 25 heavy (non-hydrogen) atoms. The van der Waals surface area contributed by atoms with E-state index in [1.165, 1.54) is 25.1 Å². The molecule has 128 valence electrons. The Hall–Kier alpha value is -3.13. The van der Waals surface area contributed by atoms with Crippen LogP contribution >= 0.6 is 0 Å². The number of ether oxygens (including phenoxy) is 1. The lowest BCUT2D eigenvalue weighted by Gasteiger charge is -2.05. The lowest BCUT2D eigenvalue weighted by molar-refractivity contribution is 0.101. The number of halogens is 1. The van der Waals surface area contributed by atoms with E-state index >= 15 is 0 Å². The van der Waals surface area contributed by atoms with Gasteiger partial charge in [-0.05, 0) is 30.7 Å². The topological polar surface area (TPSA) is 55.4 Å². The van der Waals surface area contributed by atoms with Crippen molar-refractivity contribution in [1.82, 2.24) is 5.32 Å². The number of carbonyl (C=O) groups is 2. The van der Waals surface area contributed by atoms with E-state index in [1.54, 1.807) is 0 Å². The lowest BCUT2D eigenvalue weighted by atomic mass is 10.0. The molecule has 4 nitrogen and oxygen atoms in total. The van der Waals surface area contributed by atoms with Gasteiger partial charge in [-0.3, -0.25) is 4.79 Å². The summed E-state index contributed by atoms with van der Waals surface area (Å²) in [7, 11) is 0. The Labute approximate surface area is 146 Å². The number of hydrogen-bond donors (Lipinski definition) is 1. The maximum absolute atomic E-state index is 13.2. The summed E-state index contributed by atoms with van der Waals surface area (Å²) < 4.78 is 18.2. The molecule has 0 atom stereocenters. The molecular formula is C20H18FNO3. The van der Waals surface area contributed by atoms with Crippen molar-refractivity contribution in [3.63, 3.8) is 0 Å². The van der Waals surface area contributed by atoms with Gasteiger partial charge in [0.05, 0.1) is 0 Å². The molecule has 0 fully saturated rings. The second kappa shape index (κ2) is 9.24. The zero-order valence-electron chi connectivity index (χ0n) is 13.8. The summed E-state index contributed by atoms with van der Waals surface area (Å²) in [4.78, 5) is 23.0. The summed E-state index contributed by atoms with van der Waals surface area (Å²) in [6, 6.07) is 13.3. The van der Waals surface area contributed by atoms with E-state index in [1.807, 2.05) is 30.3 Å². The van der Waals surface area contributed by atoms with Gasteiger partial charge in [-0.25, -0.2) is 9.18 Å². The van der Waals surface area contributed by atoms with Crippen LogP contribution in [0.4, 0.5) is 9.18 Å². The molecule has 0 spiro atoms. The standard InChI is InChI=1S/C20H18FNO3/c1-15(23)19-13-18(21)11-10-17(19)9-5-6-12-22-20(24)25-14-16-7-3-2-4-8-16/h2-4,7-8,10-11,13H,6,12,14H2,1H3,(H,22,24). The van der Waals surface area contributed by atoms with Gasteiger partial charge >= 0.3 is 6.09 Å². The van der Waals surface area contributed by atoms with E-state index < -0.39 is 11.9 Å². The van der Waals surface area contributed by atoms with Crippen LogP contribution in [0.1, 0.15) is 34.8 Å². The third kappa shape index (κ3) is 6.11. The fourth-order valence-electron chi connectivity index (χ4n) is 2.08. The van der Waals surface area contributed by atoms with Crippen molar-refractivity contribution in [1.29, 1.82) is 0 Å². The van der Waals surface area contributed by atoms with Crippen LogP contribution in [0.3, 0.4) is 0 Å². The van der Waals surface area contributed by atoms with Gasteiger partial charge in [0.25, 0.3) is 0 Å². The highest BCUT2D eigenvalue weighted by Gasteiger charge is 2.06. The van der Waals surface area contributed by atoms with E-state index in [4.69, 9.17) is 4.74 Å². The number of alkyl carbamates (subject to hydrolysis) is 1. The lowest BCUT2D eigenvalue weighted by Crippen LogP contribution is -2.24. The van der Waals surface area contributed by atoms with Gasteiger partial charge in [0.1, 0.15) is 12.4 Å². The molecule has 2 aromatic rings. The van der Waals surface area contributed by atoms with E-state index in [-0.39, 0.29) is 18.0 Å². The molecule has 0 bridgehead atoms. The van der Waals surface area contributed by atoms with Crippen LogP contribution in [0.5, 0.6) is 0 Å². The maximum Gasteiger partial charge on any atom is 0.407 e. The largest absolute Gasteiger partial charge is 0.445 e. The van der Waals surface area contributed by atoms with Gasteiger partial charge in [-0.2, -0.15) is 0 Å². The molecule has 0 saturated carbocycles. The second-order valence-electron chi connectivity index (χ2n) is 5.29. The molecule has 0 aliphatic heterocycles. The first-order chi connectivity index (χ1) is 12.1. The second-order valence-corrected chi connectivity index (χ2v) is 5.29. The van der Waals surface area contributed by atoms with E-state index in [0.29, 0.717) is 18.5 Å². The molecule has 0 aliphatic carbocycles. The Kier molecular flexibility index (Phi) is 6.73. The minimum atomic E-state index is -0.517. The Morgan fingerprint density at radius 3 is 2.64 bits per heavy atom. The number of hydrogen-bond acceptors (Lipinski definition) is 3. The quantitative estimate of drug-likeness (QED) is 0.513. The van der Waals surface area contributed by atoms with Crippen LogP contribution in [0, 0.1) is 17.7 Å². The minimum Gasteiger partial charge on any atom is -0.445 e. The molecule has 0 aromatic heterocycles. The number of carbonyl (C=O) groups excluding carboxylic acids is 2. The SMILES string of the molecule is CC(=O)c1cc(F)ccc1C#CCCNC(=O)OCc1ccccc1. The molecule has 5 heteroatoms. The third-order valence-electron chi connectivity index (χ3n) is 3.32. The minimum absolute atomic E-state index is 0.204. The van der Waals surface area contributed by atoms with Crippen molar-refractivity contribution in [3.05, 3.63) is 71.0 Å². The molecule has 2 rings (SSSR count). The average Bonchev–Trinajstić information content (AvgIpc) is 2.61. The number of ketones is 1. The summed E-state index contributed by atoms with van der Waals surface area (Å²) in [6.45, 7) is 1.89. The highest BCUT2D eigenvalue weighted by atomic mass is 19.1. The third-order valence-corrected chi connectivity index (χ3v) is 3.32. The summed E-state index contributed by atoms with van der Waals surface area (Å²) in [6.07, 6.45) is -0.133. The number of amides is 1. The van der Waals surface area contributed by atoms with Gasteiger partial charge in [-0.1, -0.05) is 42.2 Å². The number of rotatable bonds is 5. The smallest absolute Gasteiger partial charge is 0.407 e. The number of benzene rings is 2. The molecule has 0 aliphatic rings. The first-order valence-corrected chi connectivity index (χ1v) is 7.80. The fourth-order valence-corrected chi connectivity index (χ4v) is 2.08.